The molecule has 3 aromatic rings. The molecule has 6 nitrogen and oxygen atoms in total. The average molecular weight is 324 g/mol. The molecule has 0 bridgehead atoms. The molecule has 0 saturated carbocycles. The van der Waals surface area contributed by atoms with Gasteiger partial charge >= 0.3 is 0 Å². The molecule has 0 radical (unpaired) electrons. The van der Waals surface area contributed by atoms with Crippen molar-refractivity contribution in [1.29, 1.82) is 0 Å². The van der Waals surface area contributed by atoms with Crippen molar-refractivity contribution >= 4 is 16.8 Å². The highest BCUT2D eigenvalue weighted by Gasteiger charge is 2.24. The second-order valence-corrected chi connectivity index (χ2v) is 6.17. The summed E-state index contributed by atoms with van der Waals surface area (Å²) in [5, 5.41) is 1.07. The minimum atomic E-state index is 0.166. The quantitative estimate of drug-likeness (QED) is 0.736. The third kappa shape index (κ3) is 2.79. The number of hydrogen-bond acceptors (Lipinski definition) is 6. The van der Waals surface area contributed by atoms with Gasteiger partial charge in [0.05, 0.1) is 23.0 Å². The molecule has 0 amide bonds. The van der Waals surface area contributed by atoms with Gasteiger partial charge in [0.25, 0.3) is 0 Å². The van der Waals surface area contributed by atoms with Crippen molar-refractivity contribution in [1.82, 2.24) is 15.0 Å². The maximum absolute atomic E-state index is 6.08. The van der Waals surface area contributed by atoms with Gasteiger partial charge in [-0.3, -0.25) is 4.98 Å². The van der Waals surface area contributed by atoms with E-state index in [1.165, 1.54) is 0 Å². The first-order valence-corrected chi connectivity index (χ1v) is 8.25. The Morgan fingerprint density at radius 2 is 2.00 bits per heavy atom. The SMILES string of the molecule is Cc1cnc(C)c(OC2CCN(c3nccc4occc34)CC2)n1. The van der Waals surface area contributed by atoms with Crippen LogP contribution < -0.4 is 9.64 Å². The van der Waals surface area contributed by atoms with Gasteiger partial charge < -0.3 is 14.1 Å². The summed E-state index contributed by atoms with van der Waals surface area (Å²) in [6, 6.07) is 3.87. The normalized spacial score (nSPS) is 15.8. The summed E-state index contributed by atoms with van der Waals surface area (Å²) in [6.45, 7) is 5.67. The molecule has 4 rings (SSSR count). The van der Waals surface area contributed by atoms with Crippen LogP contribution in [-0.4, -0.2) is 34.1 Å². The highest BCUT2D eigenvalue weighted by atomic mass is 16.5. The van der Waals surface area contributed by atoms with E-state index in [2.05, 4.69) is 19.9 Å². The van der Waals surface area contributed by atoms with Gasteiger partial charge in [-0.25, -0.2) is 9.97 Å². The van der Waals surface area contributed by atoms with E-state index in [4.69, 9.17) is 9.15 Å². The molecule has 24 heavy (non-hydrogen) atoms. The van der Waals surface area contributed by atoms with Crippen molar-refractivity contribution in [2.24, 2.45) is 0 Å². The number of aryl methyl sites for hydroxylation is 2. The predicted molar refractivity (Wildman–Crippen MR) is 91.4 cm³/mol. The van der Waals surface area contributed by atoms with E-state index < -0.39 is 0 Å². The Kier molecular flexibility index (Phi) is 3.80. The maximum atomic E-state index is 6.08. The zero-order valence-electron chi connectivity index (χ0n) is 13.9. The van der Waals surface area contributed by atoms with Crippen LogP contribution in [0.25, 0.3) is 11.0 Å². The van der Waals surface area contributed by atoms with Crippen LogP contribution in [0.5, 0.6) is 5.88 Å². The van der Waals surface area contributed by atoms with Crippen LogP contribution >= 0.6 is 0 Å². The van der Waals surface area contributed by atoms with Crippen LogP contribution in [0, 0.1) is 13.8 Å². The first-order chi connectivity index (χ1) is 11.7. The lowest BCUT2D eigenvalue weighted by atomic mass is 10.1. The lowest BCUT2D eigenvalue weighted by Gasteiger charge is -2.33. The molecular weight excluding hydrogens is 304 g/mol. The average Bonchev–Trinajstić information content (AvgIpc) is 3.08. The van der Waals surface area contributed by atoms with Gasteiger partial charge in [-0.1, -0.05) is 0 Å². The Hall–Kier alpha value is -2.63. The molecule has 6 heteroatoms. The van der Waals surface area contributed by atoms with Crippen LogP contribution in [0.4, 0.5) is 5.82 Å². The number of fused-ring (bicyclic) bond motifs is 1. The second-order valence-electron chi connectivity index (χ2n) is 6.17. The number of hydrogen-bond donors (Lipinski definition) is 0. The van der Waals surface area contributed by atoms with Crippen molar-refractivity contribution in [3.8, 4) is 5.88 Å². The summed E-state index contributed by atoms with van der Waals surface area (Å²) in [7, 11) is 0. The van der Waals surface area contributed by atoms with Crippen molar-refractivity contribution in [3.05, 3.63) is 42.2 Å². The zero-order valence-corrected chi connectivity index (χ0v) is 13.9. The molecule has 124 valence electrons. The van der Waals surface area contributed by atoms with E-state index >= 15 is 0 Å². The third-order valence-electron chi connectivity index (χ3n) is 4.41. The van der Waals surface area contributed by atoms with E-state index in [9.17, 15) is 0 Å². The van der Waals surface area contributed by atoms with Gasteiger partial charge in [-0.15, -0.1) is 0 Å². The topological polar surface area (TPSA) is 64.3 Å². The van der Waals surface area contributed by atoms with Crippen molar-refractivity contribution in [2.45, 2.75) is 32.8 Å². The fraction of sp³-hybridized carbons (Fsp3) is 0.389. The van der Waals surface area contributed by atoms with Gasteiger partial charge in [0.1, 0.15) is 17.5 Å². The first kappa shape index (κ1) is 14.9. The Bertz CT molecular complexity index is 853. The smallest absolute Gasteiger partial charge is 0.235 e. The molecule has 0 spiro atoms. The van der Waals surface area contributed by atoms with Crippen LogP contribution in [-0.2, 0) is 0 Å². The molecule has 1 fully saturated rings. The number of rotatable bonds is 3. The van der Waals surface area contributed by atoms with Gasteiger partial charge in [-0.2, -0.15) is 0 Å². The van der Waals surface area contributed by atoms with Gasteiger partial charge in [0.2, 0.25) is 5.88 Å². The number of furan rings is 1. The number of nitrogens with zero attached hydrogens (tertiary/aromatic N) is 4. The van der Waals surface area contributed by atoms with Gasteiger partial charge in [-0.05, 0) is 26.0 Å². The van der Waals surface area contributed by atoms with Crippen LogP contribution in [0.2, 0.25) is 0 Å². The number of aromatic nitrogens is 3. The van der Waals surface area contributed by atoms with E-state index in [1.54, 1.807) is 18.7 Å². The Labute approximate surface area is 140 Å². The number of anilines is 1. The van der Waals surface area contributed by atoms with Gasteiger partial charge in [0, 0.05) is 38.3 Å². The lowest BCUT2D eigenvalue weighted by Crippen LogP contribution is -2.39. The molecule has 0 unspecified atom stereocenters. The fourth-order valence-electron chi connectivity index (χ4n) is 3.10. The van der Waals surface area contributed by atoms with Crippen LogP contribution in [0.3, 0.4) is 0 Å². The lowest BCUT2D eigenvalue weighted by molar-refractivity contribution is 0.161. The summed E-state index contributed by atoms with van der Waals surface area (Å²) < 4.78 is 11.6. The molecule has 4 heterocycles. The number of ether oxygens (including phenoxy) is 1. The standard InChI is InChI=1S/C18H20N4O2/c1-12-11-20-13(2)18(21-12)24-14-4-8-22(9-5-14)17-15-6-10-23-16(15)3-7-19-17/h3,6-7,10-11,14H,4-5,8-9H2,1-2H3. The molecule has 1 aliphatic rings. The molecular formula is C18H20N4O2. The van der Waals surface area contributed by atoms with Crippen LogP contribution in [0.15, 0.2) is 35.2 Å². The Balaban J connectivity index is 1.45. The van der Waals surface area contributed by atoms with E-state index in [0.717, 1.165) is 54.1 Å². The molecule has 1 saturated heterocycles. The largest absolute Gasteiger partial charge is 0.473 e. The Morgan fingerprint density at radius 1 is 1.17 bits per heavy atom. The van der Waals surface area contributed by atoms with Crippen molar-refractivity contribution < 1.29 is 9.15 Å². The minimum absolute atomic E-state index is 0.166. The minimum Gasteiger partial charge on any atom is -0.473 e. The zero-order chi connectivity index (χ0) is 16.5. The fourth-order valence-corrected chi connectivity index (χ4v) is 3.10. The number of piperidine rings is 1. The third-order valence-corrected chi connectivity index (χ3v) is 4.41. The highest BCUT2D eigenvalue weighted by molar-refractivity contribution is 5.88. The summed E-state index contributed by atoms with van der Waals surface area (Å²) in [5.74, 6) is 1.65. The molecule has 0 atom stereocenters. The summed E-state index contributed by atoms with van der Waals surface area (Å²) in [5.41, 5.74) is 2.60. The highest BCUT2D eigenvalue weighted by Crippen LogP contribution is 2.28. The van der Waals surface area contributed by atoms with Crippen molar-refractivity contribution in [3.63, 3.8) is 0 Å². The maximum Gasteiger partial charge on any atom is 0.235 e. The summed E-state index contributed by atoms with van der Waals surface area (Å²) in [6.07, 6.45) is 7.32. The monoisotopic (exact) mass is 324 g/mol. The first-order valence-electron chi connectivity index (χ1n) is 8.25. The molecule has 1 aliphatic heterocycles. The number of pyridine rings is 1. The second kappa shape index (κ2) is 6.11. The van der Waals surface area contributed by atoms with Gasteiger partial charge in [0.15, 0.2) is 0 Å². The molecule has 0 N–H and O–H groups in total. The van der Waals surface area contributed by atoms with E-state index in [1.807, 2.05) is 26.0 Å². The summed E-state index contributed by atoms with van der Waals surface area (Å²) in [4.78, 5) is 15.6. The molecule has 0 aliphatic carbocycles. The van der Waals surface area contributed by atoms with Crippen molar-refractivity contribution in [2.75, 3.05) is 18.0 Å². The predicted octanol–water partition coefficient (Wildman–Crippen LogP) is 3.28. The molecule has 0 aromatic carbocycles. The van der Waals surface area contributed by atoms with E-state index in [-0.39, 0.29) is 6.10 Å². The molecule has 3 aromatic heterocycles. The Morgan fingerprint density at radius 3 is 2.83 bits per heavy atom. The summed E-state index contributed by atoms with van der Waals surface area (Å²) >= 11 is 0. The van der Waals surface area contributed by atoms with E-state index in [0.29, 0.717) is 5.88 Å². The van der Waals surface area contributed by atoms with Crippen LogP contribution in [0.1, 0.15) is 24.2 Å².